The van der Waals surface area contributed by atoms with Gasteiger partial charge in [-0.3, -0.25) is 0 Å². The van der Waals surface area contributed by atoms with E-state index in [0.29, 0.717) is 16.3 Å². The van der Waals surface area contributed by atoms with E-state index in [1.54, 1.807) is 30.3 Å². The van der Waals surface area contributed by atoms with Crippen molar-refractivity contribution in [2.75, 3.05) is 0 Å². The zero-order chi connectivity index (χ0) is 14.8. The van der Waals surface area contributed by atoms with Crippen LogP contribution in [0.15, 0.2) is 48.5 Å². The van der Waals surface area contributed by atoms with Crippen LogP contribution in [0.4, 0.5) is 0 Å². The summed E-state index contributed by atoms with van der Waals surface area (Å²) in [5.74, 6) is 0.136. The van der Waals surface area contributed by atoms with Crippen LogP contribution in [0.1, 0.15) is 36.7 Å². The van der Waals surface area contributed by atoms with Crippen LogP contribution in [0.3, 0.4) is 0 Å². The molecule has 2 nitrogen and oxygen atoms in total. The summed E-state index contributed by atoms with van der Waals surface area (Å²) in [4.78, 5) is 12.2. The third-order valence-corrected chi connectivity index (χ3v) is 3.32. The maximum Gasteiger partial charge on any atom is 0.345 e. The second-order valence-electron chi connectivity index (χ2n) is 5.62. The molecule has 0 saturated carbocycles. The van der Waals surface area contributed by atoms with E-state index in [0.717, 1.165) is 5.56 Å². The summed E-state index contributed by atoms with van der Waals surface area (Å²) in [6.45, 7) is 6.24. The molecular weight excluding hydrogens is 272 g/mol. The number of halogens is 1. The minimum atomic E-state index is -0.438. The minimum absolute atomic E-state index is 0.0998. The minimum Gasteiger partial charge on any atom is -0.423 e. The standard InChI is InChI=1S/C17H17ClO2/c1-17(2,3)13-9-5-7-11-15(13)20-16(19)12-8-4-6-10-14(12)18/h4-11H,1-3H3. The lowest BCUT2D eigenvalue weighted by Crippen LogP contribution is -2.16. The maximum atomic E-state index is 12.2. The Kier molecular flexibility index (Phi) is 4.15. The third-order valence-electron chi connectivity index (χ3n) is 2.99. The molecule has 0 aliphatic heterocycles. The van der Waals surface area contributed by atoms with Gasteiger partial charge in [-0.25, -0.2) is 4.79 Å². The molecule has 0 spiro atoms. The fraction of sp³-hybridized carbons (Fsp3) is 0.235. The summed E-state index contributed by atoms with van der Waals surface area (Å²) in [5.41, 5.74) is 1.26. The molecular formula is C17H17ClO2. The van der Waals surface area contributed by atoms with E-state index in [1.165, 1.54) is 0 Å². The van der Waals surface area contributed by atoms with Gasteiger partial charge in [0.2, 0.25) is 0 Å². The number of carbonyl (C=O) groups is 1. The first-order chi connectivity index (χ1) is 9.39. The molecule has 0 radical (unpaired) electrons. The predicted molar refractivity (Wildman–Crippen MR) is 81.6 cm³/mol. The Morgan fingerprint density at radius 2 is 1.60 bits per heavy atom. The van der Waals surface area contributed by atoms with Gasteiger partial charge < -0.3 is 4.74 Å². The van der Waals surface area contributed by atoms with E-state index in [9.17, 15) is 4.79 Å². The molecule has 2 aromatic carbocycles. The number of ether oxygens (including phenoxy) is 1. The molecule has 0 aliphatic carbocycles. The van der Waals surface area contributed by atoms with Crippen LogP contribution in [0.2, 0.25) is 5.02 Å². The summed E-state index contributed by atoms with van der Waals surface area (Å²) < 4.78 is 5.52. The molecule has 0 N–H and O–H groups in total. The summed E-state index contributed by atoms with van der Waals surface area (Å²) in [5, 5.41) is 0.394. The monoisotopic (exact) mass is 288 g/mol. The molecule has 3 heteroatoms. The summed E-state index contributed by atoms with van der Waals surface area (Å²) >= 11 is 6.01. The zero-order valence-corrected chi connectivity index (χ0v) is 12.6. The summed E-state index contributed by atoms with van der Waals surface area (Å²) in [7, 11) is 0. The van der Waals surface area contributed by atoms with Crippen LogP contribution >= 0.6 is 11.6 Å². The topological polar surface area (TPSA) is 26.3 Å². The fourth-order valence-corrected chi connectivity index (χ4v) is 2.17. The van der Waals surface area contributed by atoms with Crippen LogP contribution < -0.4 is 4.74 Å². The molecule has 2 aromatic rings. The van der Waals surface area contributed by atoms with Crippen LogP contribution in [0, 0.1) is 0 Å². The van der Waals surface area contributed by atoms with Crippen LogP contribution in [-0.4, -0.2) is 5.97 Å². The Balaban J connectivity index is 2.32. The Labute approximate surface area is 124 Å². The Morgan fingerprint density at radius 3 is 2.25 bits per heavy atom. The first kappa shape index (κ1) is 14.6. The molecule has 0 atom stereocenters. The van der Waals surface area contributed by atoms with Crippen LogP contribution in [0.25, 0.3) is 0 Å². The first-order valence-corrected chi connectivity index (χ1v) is 6.83. The van der Waals surface area contributed by atoms with E-state index in [1.807, 2.05) is 18.2 Å². The van der Waals surface area contributed by atoms with Crippen molar-refractivity contribution >= 4 is 17.6 Å². The van der Waals surface area contributed by atoms with Crippen molar-refractivity contribution in [2.45, 2.75) is 26.2 Å². The van der Waals surface area contributed by atoms with E-state index in [2.05, 4.69) is 20.8 Å². The normalized spacial score (nSPS) is 11.2. The van der Waals surface area contributed by atoms with Crippen molar-refractivity contribution in [1.29, 1.82) is 0 Å². The lowest BCUT2D eigenvalue weighted by atomic mass is 9.86. The van der Waals surface area contributed by atoms with Gasteiger partial charge in [0.05, 0.1) is 10.6 Å². The number of hydrogen-bond acceptors (Lipinski definition) is 2. The van der Waals surface area contributed by atoms with Gasteiger partial charge in [0.1, 0.15) is 5.75 Å². The largest absolute Gasteiger partial charge is 0.423 e. The first-order valence-electron chi connectivity index (χ1n) is 6.46. The second kappa shape index (κ2) is 5.68. The molecule has 104 valence electrons. The molecule has 0 bridgehead atoms. The van der Waals surface area contributed by atoms with E-state index in [4.69, 9.17) is 16.3 Å². The lowest BCUT2D eigenvalue weighted by Gasteiger charge is -2.22. The van der Waals surface area contributed by atoms with Crippen molar-refractivity contribution < 1.29 is 9.53 Å². The highest BCUT2D eigenvalue weighted by molar-refractivity contribution is 6.33. The number of esters is 1. The van der Waals surface area contributed by atoms with Gasteiger partial charge in [0, 0.05) is 5.56 Å². The lowest BCUT2D eigenvalue weighted by molar-refractivity contribution is 0.0732. The van der Waals surface area contributed by atoms with E-state index in [-0.39, 0.29) is 5.41 Å². The van der Waals surface area contributed by atoms with Gasteiger partial charge in [-0.05, 0) is 23.6 Å². The van der Waals surface area contributed by atoms with Gasteiger partial charge in [-0.1, -0.05) is 62.7 Å². The van der Waals surface area contributed by atoms with Crippen molar-refractivity contribution in [3.05, 3.63) is 64.7 Å². The van der Waals surface area contributed by atoms with Gasteiger partial charge in [0.15, 0.2) is 0 Å². The number of hydrogen-bond donors (Lipinski definition) is 0. The predicted octanol–water partition coefficient (Wildman–Crippen LogP) is 4.86. The molecule has 0 unspecified atom stereocenters. The highest BCUT2D eigenvalue weighted by Gasteiger charge is 2.21. The van der Waals surface area contributed by atoms with Crippen molar-refractivity contribution in [3.63, 3.8) is 0 Å². The van der Waals surface area contributed by atoms with E-state index >= 15 is 0 Å². The SMILES string of the molecule is CC(C)(C)c1ccccc1OC(=O)c1ccccc1Cl. The Bertz CT molecular complexity index is 627. The van der Waals surface area contributed by atoms with Gasteiger partial charge in [0.25, 0.3) is 0 Å². The molecule has 0 heterocycles. The molecule has 2 rings (SSSR count). The second-order valence-corrected chi connectivity index (χ2v) is 6.02. The van der Waals surface area contributed by atoms with Gasteiger partial charge in [-0.15, -0.1) is 0 Å². The quantitative estimate of drug-likeness (QED) is 0.583. The summed E-state index contributed by atoms with van der Waals surface area (Å²) in [6.07, 6.45) is 0. The number of rotatable bonds is 2. The zero-order valence-electron chi connectivity index (χ0n) is 11.8. The molecule has 0 aromatic heterocycles. The van der Waals surface area contributed by atoms with Crippen LogP contribution in [0.5, 0.6) is 5.75 Å². The molecule has 20 heavy (non-hydrogen) atoms. The van der Waals surface area contributed by atoms with Crippen molar-refractivity contribution in [3.8, 4) is 5.75 Å². The number of carbonyl (C=O) groups excluding carboxylic acids is 1. The Morgan fingerprint density at radius 1 is 1.00 bits per heavy atom. The molecule has 0 amide bonds. The smallest absolute Gasteiger partial charge is 0.345 e. The van der Waals surface area contributed by atoms with Crippen molar-refractivity contribution in [1.82, 2.24) is 0 Å². The van der Waals surface area contributed by atoms with Gasteiger partial charge in [-0.2, -0.15) is 0 Å². The summed E-state index contributed by atoms with van der Waals surface area (Å²) in [6, 6.07) is 14.4. The Hall–Kier alpha value is -1.80. The van der Waals surface area contributed by atoms with Crippen molar-refractivity contribution in [2.24, 2.45) is 0 Å². The highest BCUT2D eigenvalue weighted by Crippen LogP contribution is 2.31. The maximum absolute atomic E-state index is 12.2. The molecule has 0 fully saturated rings. The van der Waals surface area contributed by atoms with E-state index < -0.39 is 5.97 Å². The fourth-order valence-electron chi connectivity index (χ4n) is 1.96. The molecule has 0 aliphatic rings. The number of benzene rings is 2. The average molecular weight is 289 g/mol. The van der Waals surface area contributed by atoms with Gasteiger partial charge >= 0.3 is 5.97 Å². The number of para-hydroxylation sites is 1. The van der Waals surface area contributed by atoms with Crippen LogP contribution in [-0.2, 0) is 5.41 Å². The highest BCUT2D eigenvalue weighted by atomic mass is 35.5. The third kappa shape index (κ3) is 3.20. The average Bonchev–Trinajstić information content (AvgIpc) is 2.38. The molecule has 0 saturated heterocycles.